The van der Waals surface area contributed by atoms with Gasteiger partial charge in [-0.1, -0.05) is 0 Å². The first-order valence-electron chi connectivity index (χ1n) is 12.5. The van der Waals surface area contributed by atoms with Gasteiger partial charge in [-0.15, -0.1) is 0 Å². The van der Waals surface area contributed by atoms with Gasteiger partial charge in [-0.3, -0.25) is 24.2 Å². The fourth-order valence-corrected chi connectivity index (χ4v) is 6.69. The number of aromatic hydroxyl groups is 1. The fraction of sp³-hybridized carbons (Fsp3) is 0.519. The Balaban J connectivity index is 1.71. The number of likely N-dealkylation sites (N-methyl/N-ethyl adjacent to an activating group) is 1. The van der Waals surface area contributed by atoms with Gasteiger partial charge in [-0.05, 0) is 53.6 Å². The van der Waals surface area contributed by atoms with Crippen molar-refractivity contribution in [2.45, 2.75) is 63.9 Å². The maximum absolute atomic E-state index is 15.9. The molecule has 1 aromatic rings. The number of benzene rings is 1. The summed E-state index contributed by atoms with van der Waals surface area (Å²) in [5.41, 5.74) is 1.61. The van der Waals surface area contributed by atoms with E-state index in [-0.39, 0.29) is 53.9 Å². The van der Waals surface area contributed by atoms with Crippen molar-refractivity contribution in [2.24, 2.45) is 17.6 Å². The smallest absolute Gasteiger partial charge is 0.255 e. The van der Waals surface area contributed by atoms with E-state index in [4.69, 9.17) is 5.73 Å². The molecule has 1 fully saturated rings. The van der Waals surface area contributed by atoms with Crippen molar-refractivity contribution in [2.75, 3.05) is 14.1 Å². The van der Waals surface area contributed by atoms with E-state index < -0.39 is 63.9 Å². The van der Waals surface area contributed by atoms with E-state index in [0.717, 1.165) is 0 Å². The Morgan fingerprint density at radius 2 is 1.71 bits per heavy atom. The van der Waals surface area contributed by atoms with E-state index in [1.54, 1.807) is 0 Å². The number of Topliss-reactive ketones (excluding diaryl/α,β-unsaturated/α-hetero) is 2. The van der Waals surface area contributed by atoms with Crippen LogP contribution in [-0.2, 0) is 33.9 Å². The number of aliphatic hydroxyl groups excluding tert-OH is 2. The van der Waals surface area contributed by atoms with Crippen LogP contribution in [0, 0.1) is 17.7 Å². The van der Waals surface area contributed by atoms with E-state index in [1.165, 1.54) is 19.0 Å². The number of nitrogens with zero attached hydrogens (tertiary/aromatic N) is 2. The van der Waals surface area contributed by atoms with Crippen LogP contribution in [0.15, 0.2) is 16.9 Å². The molecule has 4 aliphatic rings. The Morgan fingerprint density at radius 3 is 2.26 bits per heavy atom. The van der Waals surface area contributed by atoms with Gasteiger partial charge in [0.15, 0.2) is 11.4 Å². The lowest BCUT2D eigenvalue weighted by Gasteiger charge is -2.50. The maximum atomic E-state index is 15.9. The molecule has 1 amide bonds. The van der Waals surface area contributed by atoms with Gasteiger partial charge < -0.3 is 26.2 Å². The van der Waals surface area contributed by atoms with E-state index in [1.807, 2.05) is 25.7 Å². The summed E-state index contributed by atoms with van der Waals surface area (Å²) in [6.07, 6.45) is -0.159. The normalized spacial score (nSPS) is 29.4. The molecule has 38 heavy (non-hydrogen) atoms. The summed E-state index contributed by atoms with van der Waals surface area (Å²) in [7, 11) is 3.05. The SMILES string of the molecule is CN(C)[C@@H]1C(=O)C(C(N)=O)=C(O)[C@@]2(O)C(=O)C3=C(O)c4c(O)c5c(c(F)c4C[C@H]3C[C@@H]12)CN(C(C)(C)C)C5. The summed E-state index contributed by atoms with van der Waals surface area (Å²) in [5.74, 6) is -8.01. The summed E-state index contributed by atoms with van der Waals surface area (Å²) in [5, 5.41) is 45.1. The van der Waals surface area contributed by atoms with Crippen LogP contribution in [0.2, 0.25) is 0 Å². The number of aliphatic hydroxyl groups is 3. The second kappa shape index (κ2) is 8.11. The largest absolute Gasteiger partial charge is 0.508 e. The lowest BCUT2D eigenvalue weighted by molar-refractivity contribution is -0.153. The fourth-order valence-electron chi connectivity index (χ4n) is 6.69. The summed E-state index contributed by atoms with van der Waals surface area (Å²) in [6, 6.07) is -1.19. The zero-order valence-corrected chi connectivity index (χ0v) is 21.9. The number of halogens is 1. The third-order valence-corrected chi connectivity index (χ3v) is 8.68. The Bertz CT molecular complexity index is 1390. The zero-order valence-electron chi connectivity index (χ0n) is 21.9. The molecule has 5 rings (SSSR count). The highest BCUT2D eigenvalue weighted by Gasteiger charge is 2.64. The van der Waals surface area contributed by atoms with Crippen molar-refractivity contribution in [3.63, 3.8) is 0 Å². The molecule has 4 atom stereocenters. The summed E-state index contributed by atoms with van der Waals surface area (Å²) >= 11 is 0. The summed E-state index contributed by atoms with van der Waals surface area (Å²) in [4.78, 5) is 42.5. The molecule has 1 aliphatic heterocycles. The van der Waals surface area contributed by atoms with Crippen LogP contribution in [0.3, 0.4) is 0 Å². The van der Waals surface area contributed by atoms with Gasteiger partial charge in [0, 0.05) is 46.8 Å². The molecule has 0 spiro atoms. The maximum Gasteiger partial charge on any atom is 0.255 e. The van der Waals surface area contributed by atoms with Crippen molar-refractivity contribution in [1.29, 1.82) is 0 Å². The van der Waals surface area contributed by atoms with Crippen LogP contribution < -0.4 is 5.73 Å². The number of carbonyl (C=O) groups excluding carboxylic acids is 3. The minimum absolute atomic E-state index is 0.0580. The highest BCUT2D eigenvalue weighted by molar-refractivity contribution is 6.24. The average Bonchev–Trinajstić information content (AvgIpc) is 3.26. The average molecular weight is 530 g/mol. The molecule has 0 bridgehead atoms. The van der Waals surface area contributed by atoms with Crippen LogP contribution in [0.4, 0.5) is 4.39 Å². The molecule has 10 nitrogen and oxygen atoms in total. The Labute approximate surface area is 218 Å². The number of hydrogen-bond donors (Lipinski definition) is 5. The van der Waals surface area contributed by atoms with Gasteiger partial charge in [-0.2, -0.15) is 0 Å². The van der Waals surface area contributed by atoms with Gasteiger partial charge in [0.2, 0.25) is 5.78 Å². The number of ketones is 2. The number of nitrogens with two attached hydrogens (primary N) is 1. The molecule has 1 aromatic carbocycles. The molecule has 0 saturated heterocycles. The number of phenols is 1. The molecular weight excluding hydrogens is 497 g/mol. The van der Waals surface area contributed by atoms with Gasteiger partial charge in [-0.25, -0.2) is 4.39 Å². The highest BCUT2D eigenvalue weighted by atomic mass is 19.1. The standard InChI is InChI=1S/C27H32FN3O7/c1-26(2,3)31-8-12-13(9-31)20(32)16-11(18(12)28)6-10-7-14-19(30(4)5)22(34)17(25(29)37)24(36)27(14,38)23(35)15(10)21(16)33/h10,14,19,32-33,36,38H,6-9H2,1-5H3,(H2,29,37)/t10-,14-,19-,27-/m0/s1. The predicted octanol–water partition coefficient (Wildman–Crippen LogP) is 1.22. The van der Waals surface area contributed by atoms with Crippen LogP contribution in [0.5, 0.6) is 5.75 Å². The van der Waals surface area contributed by atoms with Crippen molar-refractivity contribution in [3.05, 3.63) is 45.0 Å². The Kier molecular flexibility index (Phi) is 5.62. The van der Waals surface area contributed by atoms with Crippen LogP contribution in [0.25, 0.3) is 5.76 Å². The van der Waals surface area contributed by atoms with Crippen molar-refractivity contribution in [1.82, 2.24) is 9.80 Å². The second-order valence-corrected chi connectivity index (χ2v) is 12.0. The molecular formula is C27H32FN3O7. The van der Waals surface area contributed by atoms with Crippen molar-refractivity contribution in [3.8, 4) is 5.75 Å². The highest BCUT2D eigenvalue weighted by Crippen LogP contribution is 2.54. The van der Waals surface area contributed by atoms with Crippen molar-refractivity contribution < 1.29 is 39.2 Å². The molecule has 204 valence electrons. The Hall–Kier alpha value is -3.28. The molecule has 1 heterocycles. The van der Waals surface area contributed by atoms with E-state index in [9.17, 15) is 34.8 Å². The molecule has 0 unspecified atom stereocenters. The molecule has 6 N–H and O–H groups in total. The minimum Gasteiger partial charge on any atom is -0.508 e. The van der Waals surface area contributed by atoms with Gasteiger partial charge in [0.05, 0.1) is 11.6 Å². The number of phenolic OH excluding ortho intramolecular Hbond substituents is 1. The summed E-state index contributed by atoms with van der Waals surface area (Å²) in [6.45, 7) is 6.39. The number of amides is 1. The monoisotopic (exact) mass is 529 g/mol. The van der Waals surface area contributed by atoms with Gasteiger partial charge >= 0.3 is 0 Å². The quantitative estimate of drug-likeness (QED) is 0.354. The minimum atomic E-state index is -2.72. The predicted molar refractivity (Wildman–Crippen MR) is 133 cm³/mol. The Morgan fingerprint density at radius 1 is 1.11 bits per heavy atom. The first-order chi connectivity index (χ1) is 17.5. The molecule has 11 heteroatoms. The van der Waals surface area contributed by atoms with Gasteiger partial charge in [0.25, 0.3) is 5.91 Å². The second-order valence-electron chi connectivity index (χ2n) is 12.0. The number of fused-ring (bicyclic) bond motifs is 4. The van der Waals surface area contributed by atoms with Crippen molar-refractivity contribution >= 4 is 23.2 Å². The lowest BCUT2D eigenvalue weighted by atomic mass is 9.57. The first-order valence-corrected chi connectivity index (χ1v) is 12.5. The number of carbonyl (C=O) groups is 3. The van der Waals surface area contributed by atoms with E-state index >= 15 is 4.39 Å². The summed E-state index contributed by atoms with van der Waals surface area (Å²) < 4.78 is 15.9. The zero-order chi connectivity index (χ0) is 28.2. The van der Waals surface area contributed by atoms with Crippen LogP contribution >= 0.6 is 0 Å². The first kappa shape index (κ1) is 26.3. The van der Waals surface area contributed by atoms with Crippen LogP contribution in [0.1, 0.15) is 49.4 Å². The van der Waals surface area contributed by atoms with E-state index in [2.05, 4.69) is 0 Å². The molecule has 0 aromatic heterocycles. The van der Waals surface area contributed by atoms with Crippen LogP contribution in [-0.4, -0.2) is 79.0 Å². The number of hydrogen-bond acceptors (Lipinski definition) is 9. The third-order valence-electron chi connectivity index (χ3n) is 8.68. The molecule has 3 aliphatic carbocycles. The van der Waals surface area contributed by atoms with E-state index in [0.29, 0.717) is 11.1 Å². The lowest BCUT2D eigenvalue weighted by Crippen LogP contribution is -2.65. The topological polar surface area (TPSA) is 165 Å². The van der Waals surface area contributed by atoms with Gasteiger partial charge in [0.1, 0.15) is 28.7 Å². The molecule has 1 saturated carbocycles. The molecule has 0 radical (unpaired) electrons. The number of primary amides is 1. The number of rotatable bonds is 2. The third kappa shape index (κ3) is 3.25.